The van der Waals surface area contributed by atoms with Gasteiger partial charge in [0.2, 0.25) is 0 Å². The van der Waals surface area contributed by atoms with E-state index in [0.29, 0.717) is 34.4 Å². The van der Waals surface area contributed by atoms with Crippen molar-refractivity contribution in [2.24, 2.45) is 5.41 Å². The van der Waals surface area contributed by atoms with Crippen molar-refractivity contribution < 1.29 is 19.1 Å². The molecule has 0 spiro atoms. The monoisotopic (exact) mass is 553 g/mol. The van der Waals surface area contributed by atoms with Crippen LogP contribution < -0.4 is 10.1 Å². The minimum atomic E-state index is -0.481. The third-order valence-corrected chi connectivity index (χ3v) is 7.76. The molecule has 5 nitrogen and oxygen atoms in total. The first-order chi connectivity index (χ1) is 17.7. The summed E-state index contributed by atoms with van der Waals surface area (Å²) in [5, 5.41) is 3.49. The van der Waals surface area contributed by atoms with Crippen LogP contribution in [0.1, 0.15) is 64.4 Å². The van der Waals surface area contributed by atoms with Crippen LogP contribution in [0, 0.1) is 5.41 Å². The molecule has 3 aromatic rings. The van der Waals surface area contributed by atoms with Crippen LogP contribution >= 0.6 is 15.9 Å². The molecule has 3 aliphatic rings. The fourth-order valence-corrected chi connectivity index (χ4v) is 5.87. The van der Waals surface area contributed by atoms with E-state index < -0.39 is 11.9 Å². The third kappa shape index (κ3) is 4.05. The van der Waals surface area contributed by atoms with Crippen molar-refractivity contribution in [3.63, 3.8) is 0 Å². The summed E-state index contributed by atoms with van der Waals surface area (Å²) in [5.41, 5.74) is 5.57. The maximum atomic E-state index is 13.6. The number of dihydropyridines is 1. The van der Waals surface area contributed by atoms with Gasteiger partial charge in [-0.3, -0.25) is 9.59 Å². The molecule has 1 aliphatic heterocycles. The lowest BCUT2D eigenvalue weighted by molar-refractivity contribution is -0.118. The second-order valence-corrected chi connectivity index (χ2v) is 11.4. The average Bonchev–Trinajstić information content (AvgIpc) is 3.15. The van der Waals surface area contributed by atoms with Crippen LogP contribution in [-0.4, -0.2) is 17.5 Å². The molecule has 0 saturated carbocycles. The highest BCUT2D eigenvalue weighted by Crippen LogP contribution is 2.51. The smallest absolute Gasteiger partial charge is 0.343 e. The summed E-state index contributed by atoms with van der Waals surface area (Å²) < 4.78 is 6.45. The van der Waals surface area contributed by atoms with E-state index in [-0.39, 0.29) is 17.0 Å². The highest BCUT2D eigenvalue weighted by atomic mass is 79.9. The van der Waals surface area contributed by atoms with Gasteiger partial charge in [-0.15, -0.1) is 0 Å². The Kier molecular flexibility index (Phi) is 5.53. The fraction of sp³-hybridized carbons (Fsp3) is 0.194. The number of benzene rings is 3. The molecule has 6 rings (SSSR count). The summed E-state index contributed by atoms with van der Waals surface area (Å²) in [5.74, 6) is -0.539. The number of allylic oxidation sites excluding steroid dienone is 3. The molecular formula is C31H24BrNO4. The Morgan fingerprint density at radius 1 is 0.892 bits per heavy atom. The molecule has 37 heavy (non-hydrogen) atoms. The molecule has 0 radical (unpaired) electrons. The van der Waals surface area contributed by atoms with E-state index in [1.807, 2.05) is 36.4 Å². The lowest BCUT2D eigenvalue weighted by Crippen LogP contribution is -2.37. The predicted molar refractivity (Wildman–Crippen MR) is 144 cm³/mol. The lowest BCUT2D eigenvalue weighted by Gasteiger charge is -2.39. The molecule has 0 amide bonds. The summed E-state index contributed by atoms with van der Waals surface area (Å²) in [6.07, 6.45) is 1.15. The van der Waals surface area contributed by atoms with Gasteiger partial charge in [-0.25, -0.2) is 4.79 Å². The lowest BCUT2D eigenvalue weighted by atomic mass is 9.68. The second kappa shape index (κ2) is 8.67. The predicted octanol–water partition coefficient (Wildman–Crippen LogP) is 6.61. The standard InChI is InChI=1S/C31H24BrNO4/c1-31(2)15-23-26(24(34)16-31)25(27-28(33-23)21-5-3-4-6-22(21)29(27)35)17-9-13-20(14-10-17)37-30(36)18-7-11-19(32)12-8-18/h3-14,25,33H,15-16H2,1-2H3/t25-/m1/s1. The maximum Gasteiger partial charge on any atom is 0.343 e. The number of carbonyl (C=O) groups excluding carboxylic acids is 3. The molecule has 0 fully saturated rings. The number of ether oxygens (including phenoxy) is 1. The Labute approximate surface area is 223 Å². The van der Waals surface area contributed by atoms with Crippen LogP contribution in [0.4, 0.5) is 0 Å². The largest absolute Gasteiger partial charge is 0.423 e. The molecule has 0 saturated heterocycles. The summed E-state index contributed by atoms with van der Waals surface area (Å²) in [4.78, 5) is 39.7. The van der Waals surface area contributed by atoms with Crippen LogP contribution in [0.25, 0.3) is 5.70 Å². The molecule has 184 valence electrons. The van der Waals surface area contributed by atoms with Crippen molar-refractivity contribution in [1.82, 2.24) is 5.32 Å². The van der Waals surface area contributed by atoms with Crippen molar-refractivity contribution in [3.05, 3.63) is 116 Å². The molecule has 1 heterocycles. The SMILES string of the molecule is CC1(C)CC(=O)C2=C(C1)NC1=C(C(=O)c3ccccc31)[C@@H]2c1ccc(OC(=O)c2ccc(Br)cc2)cc1. The fourth-order valence-electron chi connectivity index (χ4n) is 5.60. The zero-order chi connectivity index (χ0) is 25.9. The molecule has 1 atom stereocenters. The molecule has 0 bridgehead atoms. The van der Waals surface area contributed by atoms with Crippen molar-refractivity contribution in [2.75, 3.05) is 0 Å². The number of carbonyl (C=O) groups is 3. The first-order valence-corrected chi connectivity index (χ1v) is 13.0. The molecule has 0 unspecified atom stereocenters. The van der Waals surface area contributed by atoms with E-state index in [0.717, 1.165) is 33.4 Å². The van der Waals surface area contributed by atoms with Crippen LogP contribution in [-0.2, 0) is 4.79 Å². The van der Waals surface area contributed by atoms with Gasteiger partial charge >= 0.3 is 5.97 Å². The van der Waals surface area contributed by atoms with Gasteiger partial charge in [0.05, 0.1) is 11.3 Å². The van der Waals surface area contributed by atoms with E-state index in [2.05, 4.69) is 35.1 Å². The van der Waals surface area contributed by atoms with E-state index in [9.17, 15) is 14.4 Å². The molecule has 3 aromatic carbocycles. The minimum absolute atomic E-state index is 0.0574. The molecular weight excluding hydrogens is 530 g/mol. The van der Waals surface area contributed by atoms with Gasteiger partial charge in [0.25, 0.3) is 0 Å². The topological polar surface area (TPSA) is 72.5 Å². The summed E-state index contributed by atoms with van der Waals surface area (Å²) in [6.45, 7) is 4.19. The minimum Gasteiger partial charge on any atom is -0.423 e. The van der Waals surface area contributed by atoms with Gasteiger partial charge in [-0.05, 0) is 53.8 Å². The average molecular weight is 554 g/mol. The Bertz CT molecular complexity index is 1540. The first-order valence-electron chi connectivity index (χ1n) is 12.2. The van der Waals surface area contributed by atoms with Crippen molar-refractivity contribution >= 4 is 39.2 Å². The van der Waals surface area contributed by atoms with Crippen LogP contribution in [0.2, 0.25) is 0 Å². The van der Waals surface area contributed by atoms with E-state index in [4.69, 9.17) is 4.74 Å². The Morgan fingerprint density at radius 3 is 2.27 bits per heavy atom. The molecule has 6 heteroatoms. The van der Waals surface area contributed by atoms with Gasteiger partial charge in [-0.1, -0.05) is 66.2 Å². The van der Waals surface area contributed by atoms with Crippen molar-refractivity contribution in [3.8, 4) is 5.75 Å². The summed E-state index contributed by atoms with van der Waals surface area (Å²) >= 11 is 3.36. The van der Waals surface area contributed by atoms with Crippen LogP contribution in [0.3, 0.4) is 0 Å². The van der Waals surface area contributed by atoms with Gasteiger partial charge in [0.1, 0.15) is 5.75 Å². The van der Waals surface area contributed by atoms with Crippen LogP contribution in [0.5, 0.6) is 5.75 Å². The highest BCUT2D eigenvalue weighted by Gasteiger charge is 2.46. The normalized spacial score (nSPS) is 19.7. The number of rotatable bonds is 3. The third-order valence-electron chi connectivity index (χ3n) is 7.23. The zero-order valence-corrected chi connectivity index (χ0v) is 22.0. The van der Waals surface area contributed by atoms with Gasteiger partial charge in [0, 0.05) is 44.8 Å². The highest BCUT2D eigenvalue weighted by molar-refractivity contribution is 9.10. The van der Waals surface area contributed by atoms with Crippen LogP contribution in [0.15, 0.2) is 94.1 Å². The van der Waals surface area contributed by atoms with Crippen molar-refractivity contribution in [1.29, 1.82) is 0 Å². The number of ketones is 2. The number of hydrogen-bond acceptors (Lipinski definition) is 5. The number of halogens is 1. The Balaban J connectivity index is 1.39. The number of fused-ring (bicyclic) bond motifs is 2. The number of hydrogen-bond donors (Lipinski definition) is 1. The number of nitrogens with one attached hydrogen (secondary N) is 1. The first kappa shape index (κ1) is 23.6. The Hall–Kier alpha value is -3.77. The van der Waals surface area contributed by atoms with E-state index in [1.54, 1.807) is 36.4 Å². The number of Topliss-reactive ketones (excluding diaryl/α,β-unsaturated/α-hetero) is 2. The quantitative estimate of drug-likeness (QED) is 0.292. The number of esters is 1. The van der Waals surface area contributed by atoms with Gasteiger partial charge < -0.3 is 10.1 Å². The molecule has 0 aromatic heterocycles. The van der Waals surface area contributed by atoms with E-state index in [1.165, 1.54) is 0 Å². The molecule has 1 N–H and O–H groups in total. The second-order valence-electron chi connectivity index (χ2n) is 10.5. The van der Waals surface area contributed by atoms with Gasteiger partial charge in [-0.2, -0.15) is 0 Å². The van der Waals surface area contributed by atoms with Crippen molar-refractivity contribution in [2.45, 2.75) is 32.6 Å². The van der Waals surface area contributed by atoms with E-state index >= 15 is 0 Å². The maximum absolute atomic E-state index is 13.6. The summed E-state index contributed by atoms with van der Waals surface area (Å²) in [6, 6.07) is 21.7. The summed E-state index contributed by atoms with van der Waals surface area (Å²) in [7, 11) is 0. The molecule has 2 aliphatic carbocycles. The van der Waals surface area contributed by atoms with Gasteiger partial charge in [0.15, 0.2) is 11.6 Å². The Morgan fingerprint density at radius 2 is 1.57 bits per heavy atom. The zero-order valence-electron chi connectivity index (χ0n) is 20.4.